The Hall–Kier alpha value is -1.97. The topological polar surface area (TPSA) is 97.2 Å². The molecule has 9 heteroatoms. The summed E-state index contributed by atoms with van der Waals surface area (Å²) in [6.45, 7) is 6.81. The Bertz CT molecular complexity index is 785. The van der Waals surface area contributed by atoms with Crippen molar-refractivity contribution in [2.75, 3.05) is 46.4 Å². The molecular weight excluding hydrogens is 394 g/mol. The molecule has 0 unspecified atom stereocenters. The number of methoxy groups -OCH3 is 1. The van der Waals surface area contributed by atoms with Gasteiger partial charge in [0.05, 0.1) is 38.2 Å². The van der Waals surface area contributed by atoms with Crippen LogP contribution in [0.1, 0.15) is 38.2 Å². The van der Waals surface area contributed by atoms with Crippen LogP contribution in [0.15, 0.2) is 29.2 Å². The second-order valence-electron chi connectivity index (χ2n) is 7.58. The van der Waals surface area contributed by atoms with Crippen LogP contribution in [-0.4, -0.2) is 71.0 Å². The molecule has 1 aliphatic heterocycles. The molecule has 0 atom stereocenters. The predicted molar refractivity (Wildman–Crippen MR) is 109 cm³/mol. The highest BCUT2D eigenvalue weighted by Gasteiger charge is 2.31. The maximum Gasteiger partial charge on any atom is 0.305 e. The summed E-state index contributed by atoms with van der Waals surface area (Å²) in [5.74, 6) is -0.0305. The molecule has 0 saturated carbocycles. The average molecular weight is 427 g/mol. The van der Waals surface area contributed by atoms with Crippen LogP contribution in [-0.2, 0) is 24.3 Å². The summed E-state index contributed by atoms with van der Waals surface area (Å²) < 4.78 is 31.8. The van der Waals surface area contributed by atoms with Crippen LogP contribution in [0.3, 0.4) is 0 Å². The molecule has 1 aromatic carbocycles. The fourth-order valence-corrected chi connectivity index (χ4v) is 4.69. The number of hydrogen-bond acceptors (Lipinski definition) is 5. The molecule has 2 rings (SSSR count). The van der Waals surface area contributed by atoms with E-state index in [0.717, 1.165) is 10.5 Å². The van der Waals surface area contributed by atoms with Crippen molar-refractivity contribution in [2.45, 2.75) is 37.5 Å². The van der Waals surface area contributed by atoms with E-state index in [0.29, 0.717) is 56.5 Å². The summed E-state index contributed by atoms with van der Waals surface area (Å²) in [6, 6.07) is 7.07. The number of nitrogens with zero attached hydrogens (tertiary/aromatic N) is 1. The minimum absolute atomic E-state index is 0.0922. The van der Waals surface area contributed by atoms with Gasteiger partial charge in [0, 0.05) is 13.0 Å². The highest BCUT2D eigenvalue weighted by Crippen LogP contribution is 2.20. The minimum Gasteiger partial charge on any atom is -0.469 e. The second-order valence-corrected chi connectivity index (χ2v) is 9.52. The first-order chi connectivity index (χ1) is 13.7. The zero-order valence-corrected chi connectivity index (χ0v) is 18.3. The van der Waals surface area contributed by atoms with Crippen molar-refractivity contribution in [3.63, 3.8) is 0 Å². The Morgan fingerprint density at radius 2 is 1.79 bits per heavy atom. The molecule has 1 fully saturated rings. The van der Waals surface area contributed by atoms with E-state index in [1.165, 1.54) is 11.4 Å². The number of rotatable bonds is 9. The summed E-state index contributed by atoms with van der Waals surface area (Å²) in [5, 5.41) is 2.79. The molecule has 2 N–H and O–H groups in total. The van der Waals surface area contributed by atoms with Crippen LogP contribution in [0.2, 0.25) is 0 Å². The number of nitrogens with one attached hydrogen (secondary N) is 2. The first-order valence-corrected chi connectivity index (χ1v) is 11.4. The smallest absolute Gasteiger partial charge is 0.305 e. The number of sulfonamides is 1. The summed E-state index contributed by atoms with van der Waals surface area (Å²) in [5.41, 5.74) is 1.11. The number of hydrogen-bond donors (Lipinski definition) is 2. The van der Waals surface area contributed by atoms with E-state index in [2.05, 4.69) is 23.9 Å². The van der Waals surface area contributed by atoms with Crippen molar-refractivity contribution in [3.05, 3.63) is 29.8 Å². The monoisotopic (exact) mass is 426 g/mol. The summed E-state index contributed by atoms with van der Waals surface area (Å²) >= 11 is 0. The van der Waals surface area contributed by atoms with Gasteiger partial charge < -0.3 is 15.0 Å². The van der Waals surface area contributed by atoms with Crippen molar-refractivity contribution in [1.82, 2.24) is 9.62 Å². The van der Waals surface area contributed by atoms with Crippen molar-refractivity contribution < 1.29 is 27.6 Å². The molecule has 1 amide bonds. The molecule has 0 spiro atoms. The summed E-state index contributed by atoms with van der Waals surface area (Å²) in [7, 11) is -2.17. The van der Waals surface area contributed by atoms with E-state index in [4.69, 9.17) is 0 Å². The van der Waals surface area contributed by atoms with E-state index in [-0.39, 0.29) is 18.3 Å². The quantitative estimate of drug-likeness (QED) is 0.420. The molecular formula is C20H32N3O5S+. The maximum atomic E-state index is 12.9. The number of carbonyl (C=O) groups excluding carboxylic acids is 2. The fraction of sp³-hybridized carbons (Fsp3) is 0.600. The van der Waals surface area contributed by atoms with Crippen molar-refractivity contribution in [3.8, 4) is 0 Å². The Balaban J connectivity index is 1.79. The number of amides is 1. The zero-order valence-electron chi connectivity index (χ0n) is 17.4. The Labute approximate surface area is 173 Å². The van der Waals surface area contributed by atoms with E-state index < -0.39 is 10.0 Å². The molecule has 1 saturated heterocycles. The third-order valence-corrected chi connectivity index (χ3v) is 7.05. The van der Waals surface area contributed by atoms with Gasteiger partial charge in [0.15, 0.2) is 6.54 Å². The first-order valence-electron chi connectivity index (χ1n) is 10.0. The predicted octanol–water partition coefficient (Wildman–Crippen LogP) is -0.231. The lowest BCUT2D eigenvalue weighted by molar-refractivity contribution is -0.895. The molecule has 0 aromatic heterocycles. The van der Waals surface area contributed by atoms with Crippen molar-refractivity contribution in [1.29, 1.82) is 0 Å². The van der Waals surface area contributed by atoms with Gasteiger partial charge in [0.25, 0.3) is 5.91 Å². The highest BCUT2D eigenvalue weighted by molar-refractivity contribution is 7.89. The third-order valence-electron chi connectivity index (χ3n) is 5.13. The largest absolute Gasteiger partial charge is 0.469 e. The van der Waals surface area contributed by atoms with Crippen molar-refractivity contribution >= 4 is 21.9 Å². The minimum atomic E-state index is -3.51. The second kappa shape index (κ2) is 10.7. The Kier molecular flexibility index (Phi) is 8.60. The number of carbonyl (C=O) groups is 2. The molecule has 8 nitrogen and oxygen atoms in total. The number of esters is 1. The van der Waals surface area contributed by atoms with Crippen LogP contribution in [0.5, 0.6) is 0 Å². The van der Waals surface area contributed by atoms with Gasteiger partial charge in [-0.05, 0) is 30.0 Å². The van der Waals surface area contributed by atoms with Crippen molar-refractivity contribution in [2.24, 2.45) is 0 Å². The van der Waals surface area contributed by atoms with Crippen LogP contribution < -0.4 is 10.2 Å². The average Bonchev–Trinajstić information content (AvgIpc) is 2.71. The number of benzene rings is 1. The summed E-state index contributed by atoms with van der Waals surface area (Å²) in [6.07, 6.45) is 0.813. The third kappa shape index (κ3) is 6.80. The Morgan fingerprint density at radius 3 is 2.34 bits per heavy atom. The van der Waals surface area contributed by atoms with Crippen LogP contribution in [0.25, 0.3) is 0 Å². The molecule has 0 radical (unpaired) electrons. The summed E-state index contributed by atoms with van der Waals surface area (Å²) in [4.78, 5) is 24.4. The normalized spacial score (nSPS) is 16.0. The van der Waals surface area contributed by atoms with Gasteiger partial charge in [-0.15, -0.1) is 0 Å². The zero-order chi connectivity index (χ0) is 21.4. The van der Waals surface area contributed by atoms with Gasteiger partial charge in [-0.1, -0.05) is 26.0 Å². The van der Waals surface area contributed by atoms with Gasteiger partial charge in [-0.3, -0.25) is 9.59 Å². The lowest BCUT2D eigenvalue weighted by Crippen LogP contribution is -3.15. The van der Waals surface area contributed by atoms with Gasteiger partial charge in [-0.25, -0.2) is 8.42 Å². The van der Waals surface area contributed by atoms with Gasteiger partial charge in [-0.2, -0.15) is 4.31 Å². The number of piperazine rings is 1. The molecule has 29 heavy (non-hydrogen) atoms. The maximum absolute atomic E-state index is 12.9. The standard InChI is InChI=1S/C20H31N3O5S/c1-16(2)17-6-8-18(9-7-17)29(26,27)23-13-11-22(12-14-23)15-19(24)21-10-4-5-20(25)28-3/h6-9,16H,4-5,10-15H2,1-3H3,(H,21,24)/p+1. The lowest BCUT2D eigenvalue weighted by atomic mass is 10.0. The molecule has 162 valence electrons. The van der Waals surface area contributed by atoms with E-state index in [1.807, 2.05) is 12.1 Å². The molecule has 1 aromatic rings. The van der Waals surface area contributed by atoms with Crippen LogP contribution >= 0.6 is 0 Å². The van der Waals surface area contributed by atoms with E-state index >= 15 is 0 Å². The van der Waals surface area contributed by atoms with Gasteiger partial charge in [0.2, 0.25) is 10.0 Å². The number of ether oxygens (including phenoxy) is 1. The molecule has 1 aliphatic rings. The first kappa shape index (κ1) is 23.3. The van der Waals surface area contributed by atoms with Gasteiger partial charge in [0.1, 0.15) is 0 Å². The number of quaternary nitrogens is 1. The molecule has 0 aliphatic carbocycles. The van der Waals surface area contributed by atoms with E-state index in [1.54, 1.807) is 12.1 Å². The lowest BCUT2D eigenvalue weighted by Gasteiger charge is -2.31. The van der Waals surface area contributed by atoms with Crippen LogP contribution in [0, 0.1) is 0 Å². The van der Waals surface area contributed by atoms with E-state index in [9.17, 15) is 18.0 Å². The van der Waals surface area contributed by atoms with Gasteiger partial charge >= 0.3 is 5.97 Å². The SMILES string of the molecule is COC(=O)CCCNC(=O)C[NH+]1CCN(S(=O)(=O)c2ccc(C(C)C)cc2)CC1. The molecule has 1 heterocycles. The van der Waals surface area contributed by atoms with Crippen LogP contribution in [0.4, 0.5) is 0 Å². The molecule has 0 bridgehead atoms. The Morgan fingerprint density at radius 1 is 1.17 bits per heavy atom. The highest BCUT2D eigenvalue weighted by atomic mass is 32.2. The fourth-order valence-electron chi connectivity index (χ4n) is 3.25.